The molecule has 164 valence electrons. The summed E-state index contributed by atoms with van der Waals surface area (Å²) < 4.78 is 29.4. The van der Waals surface area contributed by atoms with E-state index in [2.05, 4.69) is 15.3 Å². The van der Waals surface area contributed by atoms with Crippen molar-refractivity contribution in [3.8, 4) is 5.82 Å². The Bertz CT molecular complexity index is 1370. The van der Waals surface area contributed by atoms with E-state index in [1.54, 1.807) is 41.8 Å². The van der Waals surface area contributed by atoms with Crippen LogP contribution in [-0.4, -0.2) is 57.8 Å². The summed E-state index contributed by atoms with van der Waals surface area (Å²) in [6.07, 6.45) is 3.25. The van der Waals surface area contributed by atoms with Gasteiger partial charge >= 0.3 is 0 Å². The normalized spacial score (nSPS) is 15.1. The van der Waals surface area contributed by atoms with Crippen LogP contribution in [0.25, 0.3) is 16.9 Å². The number of fused-ring (bicyclic) bond motifs is 1. The smallest absolute Gasteiger partial charge is 0.267 e. The molecule has 0 bridgehead atoms. The van der Waals surface area contributed by atoms with Crippen LogP contribution in [-0.2, 0) is 10.0 Å². The van der Waals surface area contributed by atoms with E-state index in [1.807, 2.05) is 28.8 Å². The molecule has 32 heavy (non-hydrogen) atoms. The van der Waals surface area contributed by atoms with Gasteiger partial charge in [0.05, 0.1) is 22.9 Å². The van der Waals surface area contributed by atoms with Gasteiger partial charge in [0.15, 0.2) is 0 Å². The summed E-state index contributed by atoms with van der Waals surface area (Å²) in [5.41, 5.74) is 2.28. The van der Waals surface area contributed by atoms with Crippen molar-refractivity contribution in [3.05, 3.63) is 65.2 Å². The lowest BCUT2D eigenvalue weighted by molar-refractivity contribution is 0.102. The molecule has 1 aromatic carbocycles. The molecule has 11 heteroatoms. The highest BCUT2D eigenvalue weighted by molar-refractivity contribution is 7.99. The van der Waals surface area contributed by atoms with Gasteiger partial charge in [0.1, 0.15) is 21.9 Å². The maximum absolute atomic E-state index is 13.0. The van der Waals surface area contributed by atoms with Gasteiger partial charge in [-0.1, -0.05) is 12.1 Å². The molecule has 0 aliphatic carbocycles. The van der Waals surface area contributed by atoms with E-state index in [1.165, 1.54) is 10.4 Å². The molecule has 8 nitrogen and oxygen atoms in total. The molecule has 5 rings (SSSR count). The molecule has 0 saturated carbocycles. The van der Waals surface area contributed by atoms with Gasteiger partial charge in [0, 0.05) is 24.6 Å². The third-order valence-corrected chi connectivity index (χ3v) is 9.06. The van der Waals surface area contributed by atoms with Crippen molar-refractivity contribution >= 4 is 55.7 Å². The van der Waals surface area contributed by atoms with Gasteiger partial charge in [-0.25, -0.2) is 18.4 Å². The van der Waals surface area contributed by atoms with Crippen molar-refractivity contribution in [2.45, 2.75) is 4.90 Å². The number of aromatic nitrogens is 3. The maximum atomic E-state index is 13.0. The Hall–Kier alpha value is -2.73. The van der Waals surface area contributed by atoms with Crippen molar-refractivity contribution in [2.75, 3.05) is 29.9 Å². The van der Waals surface area contributed by atoms with E-state index in [4.69, 9.17) is 0 Å². The third kappa shape index (κ3) is 3.92. The standard InChI is InChI=1S/C21H19N5O3S3/c27-21(20-18(7-10-31-20)32(28,29)25-8-11-30-12-9-25)24-15-5-6-19(22-13-15)26-14-23-16-3-1-2-4-17(16)26/h1-7,10,13-14H,8-9,11-12H2,(H,24,27). The van der Waals surface area contributed by atoms with E-state index in [-0.39, 0.29) is 9.77 Å². The number of carbonyl (C=O) groups is 1. The number of amides is 1. The minimum absolute atomic E-state index is 0.0568. The Labute approximate surface area is 193 Å². The highest BCUT2D eigenvalue weighted by atomic mass is 32.2. The lowest BCUT2D eigenvalue weighted by Crippen LogP contribution is -2.38. The van der Waals surface area contributed by atoms with E-state index >= 15 is 0 Å². The maximum Gasteiger partial charge on any atom is 0.267 e. The number of pyridine rings is 1. The number of imidazole rings is 1. The number of sulfonamides is 1. The first-order chi connectivity index (χ1) is 15.5. The minimum Gasteiger partial charge on any atom is -0.320 e. The molecule has 4 heterocycles. The Morgan fingerprint density at radius 2 is 1.84 bits per heavy atom. The van der Waals surface area contributed by atoms with Crippen molar-refractivity contribution in [1.29, 1.82) is 0 Å². The molecule has 1 N–H and O–H groups in total. The second kappa shape index (κ2) is 8.66. The van der Waals surface area contributed by atoms with Gasteiger partial charge in [0.25, 0.3) is 5.91 Å². The average Bonchev–Trinajstić information content (AvgIpc) is 3.48. The Balaban J connectivity index is 1.36. The molecule has 0 radical (unpaired) electrons. The van der Waals surface area contributed by atoms with Crippen LogP contribution in [0.15, 0.2) is 65.3 Å². The molecule has 1 amide bonds. The van der Waals surface area contributed by atoms with E-state index in [0.717, 1.165) is 33.9 Å². The molecule has 4 aromatic rings. The summed E-state index contributed by atoms with van der Waals surface area (Å²) in [5, 5.41) is 4.40. The van der Waals surface area contributed by atoms with Crippen LogP contribution in [0.3, 0.4) is 0 Å². The quantitative estimate of drug-likeness (QED) is 0.465. The lowest BCUT2D eigenvalue weighted by atomic mass is 10.3. The zero-order chi connectivity index (χ0) is 22.1. The summed E-state index contributed by atoms with van der Waals surface area (Å²) in [6.45, 7) is 0.913. The number of anilines is 1. The topological polar surface area (TPSA) is 97.2 Å². The molecule has 0 unspecified atom stereocenters. The molecular formula is C21H19N5O3S3. The van der Waals surface area contributed by atoms with Crippen LogP contribution in [0.2, 0.25) is 0 Å². The molecule has 1 aliphatic heterocycles. The van der Waals surface area contributed by atoms with Crippen LogP contribution < -0.4 is 5.32 Å². The summed E-state index contributed by atoms with van der Waals surface area (Å²) in [6, 6.07) is 12.8. The Kier molecular flexibility index (Phi) is 5.72. The van der Waals surface area contributed by atoms with Crippen molar-refractivity contribution < 1.29 is 13.2 Å². The van der Waals surface area contributed by atoms with Crippen molar-refractivity contribution in [3.63, 3.8) is 0 Å². The highest BCUT2D eigenvalue weighted by Gasteiger charge is 2.31. The van der Waals surface area contributed by atoms with Gasteiger partial charge in [0.2, 0.25) is 10.0 Å². The van der Waals surface area contributed by atoms with Crippen LogP contribution >= 0.6 is 23.1 Å². The van der Waals surface area contributed by atoms with Crippen LogP contribution in [0, 0.1) is 0 Å². The Morgan fingerprint density at radius 1 is 1.03 bits per heavy atom. The molecule has 1 aliphatic rings. The zero-order valence-corrected chi connectivity index (χ0v) is 19.3. The molecule has 1 saturated heterocycles. The van der Waals surface area contributed by atoms with E-state index in [9.17, 15) is 13.2 Å². The lowest BCUT2D eigenvalue weighted by Gasteiger charge is -2.25. The van der Waals surface area contributed by atoms with Crippen molar-refractivity contribution in [1.82, 2.24) is 18.8 Å². The highest BCUT2D eigenvalue weighted by Crippen LogP contribution is 2.28. The van der Waals surface area contributed by atoms with E-state index < -0.39 is 15.9 Å². The van der Waals surface area contributed by atoms with Gasteiger partial charge < -0.3 is 5.32 Å². The van der Waals surface area contributed by atoms with Crippen molar-refractivity contribution in [2.24, 2.45) is 0 Å². The number of rotatable bonds is 5. The monoisotopic (exact) mass is 485 g/mol. The molecular weight excluding hydrogens is 466 g/mol. The SMILES string of the molecule is O=C(Nc1ccc(-n2cnc3ccccc32)nc1)c1sccc1S(=O)(=O)N1CCSCC1. The summed E-state index contributed by atoms with van der Waals surface area (Å²) >= 11 is 2.84. The first-order valence-corrected chi connectivity index (χ1v) is 13.4. The number of hydrogen-bond donors (Lipinski definition) is 1. The van der Waals surface area contributed by atoms with Crippen LogP contribution in [0.5, 0.6) is 0 Å². The number of para-hydroxylation sites is 2. The number of benzene rings is 1. The fourth-order valence-electron chi connectivity index (χ4n) is 3.52. The fraction of sp³-hybridized carbons (Fsp3) is 0.190. The molecule has 0 spiro atoms. The second-order valence-electron chi connectivity index (χ2n) is 7.09. The van der Waals surface area contributed by atoms with Crippen LogP contribution in [0.4, 0.5) is 5.69 Å². The first kappa shape index (κ1) is 21.1. The number of thiophene rings is 1. The van der Waals surface area contributed by atoms with Gasteiger partial charge in [-0.05, 0) is 35.7 Å². The zero-order valence-electron chi connectivity index (χ0n) is 16.8. The molecule has 1 fully saturated rings. The van der Waals surface area contributed by atoms with E-state index in [0.29, 0.717) is 24.6 Å². The first-order valence-electron chi connectivity index (χ1n) is 9.89. The Morgan fingerprint density at radius 3 is 2.62 bits per heavy atom. The number of carbonyl (C=O) groups excluding carboxylic acids is 1. The summed E-state index contributed by atoms with van der Waals surface area (Å²) in [4.78, 5) is 21.9. The average molecular weight is 486 g/mol. The molecule has 3 aromatic heterocycles. The van der Waals surface area contributed by atoms with Gasteiger partial charge in [-0.3, -0.25) is 9.36 Å². The number of thioether (sulfide) groups is 1. The fourth-order valence-corrected chi connectivity index (χ4v) is 7.40. The summed E-state index contributed by atoms with van der Waals surface area (Å²) in [5.74, 6) is 1.72. The van der Waals surface area contributed by atoms with Gasteiger partial charge in [-0.15, -0.1) is 11.3 Å². The second-order valence-corrected chi connectivity index (χ2v) is 11.1. The predicted molar refractivity (Wildman–Crippen MR) is 127 cm³/mol. The number of nitrogens with one attached hydrogen (secondary N) is 1. The minimum atomic E-state index is -3.70. The predicted octanol–water partition coefficient (Wildman–Crippen LogP) is 3.47. The number of hydrogen-bond acceptors (Lipinski definition) is 7. The molecule has 0 atom stereocenters. The largest absolute Gasteiger partial charge is 0.320 e. The van der Waals surface area contributed by atoms with Crippen LogP contribution in [0.1, 0.15) is 9.67 Å². The summed E-state index contributed by atoms with van der Waals surface area (Å²) in [7, 11) is -3.70. The van der Waals surface area contributed by atoms with Gasteiger partial charge in [-0.2, -0.15) is 16.1 Å². The number of nitrogens with zero attached hydrogens (tertiary/aromatic N) is 4. The third-order valence-electron chi connectivity index (χ3n) is 5.13.